The van der Waals surface area contributed by atoms with Gasteiger partial charge in [-0.1, -0.05) is 40.2 Å². The summed E-state index contributed by atoms with van der Waals surface area (Å²) in [6, 6.07) is 14.3. The lowest BCUT2D eigenvalue weighted by Crippen LogP contribution is -2.48. The molecule has 136 valence electrons. The highest BCUT2D eigenvalue weighted by atomic mass is 79.9. The van der Waals surface area contributed by atoms with Crippen LogP contribution in [0.2, 0.25) is 0 Å². The summed E-state index contributed by atoms with van der Waals surface area (Å²) in [7, 11) is 0. The minimum atomic E-state index is -1.00. The fourth-order valence-corrected chi connectivity index (χ4v) is 3.56. The molecule has 1 aliphatic heterocycles. The van der Waals surface area contributed by atoms with Crippen LogP contribution < -0.4 is 0 Å². The van der Waals surface area contributed by atoms with Crippen LogP contribution in [0.1, 0.15) is 21.5 Å². The zero-order valence-electron chi connectivity index (χ0n) is 14.2. The van der Waals surface area contributed by atoms with E-state index in [0.717, 1.165) is 21.3 Å². The van der Waals surface area contributed by atoms with Gasteiger partial charge in [-0.15, -0.1) is 0 Å². The summed E-state index contributed by atoms with van der Waals surface area (Å²) in [5.74, 6) is -1.33. The van der Waals surface area contributed by atoms with Crippen LogP contribution in [0.15, 0.2) is 65.4 Å². The molecule has 2 aromatic carbocycles. The molecule has 1 atom stereocenters. The standard InChI is InChI=1S/C20H16BrN3O3/c21-16-5-7-17(8-6-16)24-12-15(10-22-24)19(25)23-11-14-4-2-1-3-13(14)9-18(23)20(26)27/h1-8,10,12,18H,9,11H2,(H,26,27). The molecule has 1 N–H and O–H groups in total. The molecule has 1 aliphatic rings. The highest BCUT2D eigenvalue weighted by molar-refractivity contribution is 9.10. The lowest BCUT2D eigenvalue weighted by Gasteiger charge is -2.34. The number of halogens is 1. The SMILES string of the molecule is O=C(O)C1Cc2ccccc2CN1C(=O)c1cnn(-c2ccc(Br)cc2)c1. The number of hydrogen-bond donors (Lipinski definition) is 1. The second-order valence-corrected chi connectivity index (χ2v) is 7.33. The molecule has 27 heavy (non-hydrogen) atoms. The minimum absolute atomic E-state index is 0.273. The van der Waals surface area contributed by atoms with Gasteiger partial charge < -0.3 is 10.0 Å². The summed E-state index contributed by atoms with van der Waals surface area (Å²) in [6.07, 6.45) is 3.41. The molecule has 1 aromatic heterocycles. The predicted molar refractivity (Wildman–Crippen MR) is 103 cm³/mol. The zero-order valence-corrected chi connectivity index (χ0v) is 15.8. The third-order valence-electron chi connectivity index (χ3n) is 4.72. The van der Waals surface area contributed by atoms with Crippen LogP contribution in [-0.4, -0.2) is 37.7 Å². The van der Waals surface area contributed by atoms with Crippen LogP contribution in [-0.2, 0) is 17.8 Å². The van der Waals surface area contributed by atoms with E-state index in [1.807, 2.05) is 48.5 Å². The number of rotatable bonds is 3. The van der Waals surface area contributed by atoms with Crippen LogP contribution in [0.25, 0.3) is 5.69 Å². The first-order valence-corrected chi connectivity index (χ1v) is 9.23. The molecule has 0 bridgehead atoms. The highest BCUT2D eigenvalue weighted by Crippen LogP contribution is 2.25. The highest BCUT2D eigenvalue weighted by Gasteiger charge is 2.35. The summed E-state index contributed by atoms with van der Waals surface area (Å²) in [4.78, 5) is 26.2. The number of aromatic nitrogens is 2. The van der Waals surface area contributed by atoms with Gasteiger partial charge in [0, 0.05) is 23.6 Å². The first-order valence-electron chi connectivity index (χ1n) is 8.44. The number of amides is 1. The number of fused-ring (bicyclic) bond motifs is 1. The van der Waals surface area contributed by atoms with Crippen molar-refractivity contribution in [3.05, 3.63) is 82.1 Å². The summed E-state index contributed by atoms with van der Waals surface area (Å²) in [6.45, 7) is 0.273. The molecule has 0 aliphatic carbocycles. The Hall–Kier alpha value is -2.93. The molecule has 7 heteroatoms. The maximum atomic E-state index is 13.0. The molecule has 1 amide bonds. The molecular weight excluding hydrogens is 410 g/mol. The smallest absolute Gasteiger partial charge is 0.326 e. The van der Waals surface area contributed by atoms with E-state index in [9.17, 15) is 14.7 Å². The molecule has 2 heterocycles. The first kappa shape index (κ1) is 17.5. The molecule has 0 saturated carbocycles. The van der Waals surface area contributed by atoms with Gasteiger partial charge in [-0.05, 0) is 35.4 Å². The predicted octanol–water partition coefficient (Wildman–Crippen LogP) is 3.29. The first-order chi connectivity index (χ1) is 13.0. The number of carbonyl (C=O) groups is 2. The van der Waals surface area contributed by atoms with Crippen molar-refractivity contribution < 1.29 is 14.7 Å². The minimum Gasteiger partial charge on any atom is -0.480 e. The third kappa shape index (κ3) is 3.38. The topological polar surface area (TPSA) is 75.4 Å². The number of carboxylic acids is 1. The van der Waals surface area contributed by atoms with E-state index in [0.29, 0.717) is 12.0 Å². The van der Waals surface area contributed by atoms with Gasteiger partial charge >= 0.3 is 5.97 Å². The number of hydrogen-bond acceptors (Lipinski definition) is 3. The Bertz CT molecular complexity index is 1010. The van der Waals surface area contributed by atoms with E-state index in [4.69, 9.17) is 0 Å². The van der Waals surface area contributed by atoms with Crippen LogP contribution in [0.3, 0.4) is 0 Å². The van der Waals surface area contributed by atoms with E-state index >= 15 is 0 Å². The second-order valence-electron chi connectivity index (χ2n) is 6.41. The molecular formula is C20H16BrN3O3. The second kappa shape index (κ2) is 7.00. The van der Waals surface area contributed by atoms with Crippen LogP contribution >= 0.6 is 15.9 Å². The van der Waals surface area contributed by atoms with Gasteiger partial charge in [0.1, 0.15) is 6.04 Å². The Morgan fingerprint density at radius 3 is 2.48 bits per heavy atom. The van der Waals surface area contributed by atoms with Crippen LogP contribution in [0.4, 0.5) is 0 Å². The Balaban J connectivity index is 1.63. The van der Waals surface area contributed by atoms with Crippen molar-refractivity contribution in [1.82, 2.24) is 14.7 Å². The van der Waals surface area contributed by atoms with Crippen molar-refractivity contribution in [2.24, 2.45) is 0 Å². The lowest BCUT2D eigenvalue weighted by atomic mass is 9.93. The number of benzene rings is 2. The Kier molecular flexibility index (Phi) is 4.53. The largest absolute Gasteiger partial charge is 0.480 e. The molecule has 0 radical (unpaired) electrons. The average Bonchev–Trinajstić information content (AvgIpc) is 3.17. The summed E-state index contributed by atoms with van der Waals surface area (Å²) >= 11 is 3.39. The van der Waals surface area contributed by atoms with Gasteiger partial charge in [-0.3, -0.25) is 4.79 Å². The summed E-state index contributed by atoms with van der Waals surface area (Å²) in [5.41, 5.74) is 3.13. The molecule has 3 aromatic rings. The van der Waals surface area contributed by atoms with Gasteiger partial charge in [0.05, 0.1) is 17.4 Å². The summed E-state index contributed by atoms with van der Waals surface area (Å²) in [5, 5.41) is 13.9. The van der Waals surface area contributed by atoms with Crippen molar-refractivity contribution in [1.29, 1.82) is 0 Å². The van der Waals surface area contributed by atoms with Crippen molar-refractivity contribution in [3.8, 4) is 5.69 Å². The normalized spacial score (nSPS) is 16.0. The fourth-order valence-electron chi connectivity index (χ4n) is 3.29. The van der Waals surface area contributed by atoms with Crippen LogP contribution in [0.5, 0.6) is 0 Å². The number of carboxylic acid groups (broad SMARTS) is 1. The fraction of sp³-hybridized carbons (Fsp3) is 0.150. The maximum absolute atomic E-state index is 13.0. The average molecular weight is 426 g/mol. The van der Waals surface area contributed by atoms with Crippen molar-refractivity contribution in [2.45, 2.75) is 19.0 Å². The van der Waals surface area contributed by atoms with Crippen LogP contribution in [0, 0.1) is 0 Å². The Morgan fingerprint density at radius 2 is 1.78 bits per heavy atom. The number of nitrogens with zero attached hydrogens (tertiary/aromatic N) is 3. The van der Waals surface area contributed by atoms with Gasteiger partial charge in [0.15, 0.2) is 0 Å². The number of carbonyl (C=O) groups excluding carboxylic acids is 1. The van der Waals surface area contributed by atoms with Gasteiger partial charge in [-0.25, -0.2) is 9.48 Å². The maximum Gasteiger partial charge on any atom is 0.326 e. The van der Waals surface area contributed by atoms with Gasteiger partial charge in [-0.2, -0.15) is 5.10 Å². The Labute approximate surface area is 164 Å². The summed E-state index contributed by atoms with van der Waals surface area (Å²) < 4.78 is 2.55. The van der Waals surface area contributed by atoms with Crippen molar-refractivity contribution in [3.63, 3.8) is 0 Å². The Morgan fingerprint density at radius 1 is 1.07 bits per heavy atom. The molecule has 6 nitrogen and oxygen atoms in total. The van der Waals surface area contributed by atoms with E-state index in [1.54, 1.807) is 10.9 Å². The molecule has 4 rings (SSSR count). The third-order valence-corrected chi connectivity index (χ3v) is 5.24. The quantitative estimate of drug-likeness (QED) is 0.698. The number of aliphatic carboxylic acids is 1. The van der Waals surface area contributed by atoms with Gasteiger partial charge in [0.25, 0.3) is 5.91 Å². The molecule has 0 saturated heterocycles. The van der Waals surface area contributed by atoms with Crippen molar-refractivity contribution >= 4 is 27.8 Å². The van der Waals surface area contributed by atoms with E-state index < -0.39 is 12.0 Å². The molecule has 0 spiro atoms. The monoisotopic (exact) mass is 425 g/mol. The van der Waals surface area contributed by atoms with E-state index in [2.05, 4.69) is 21.0 Å². The van der Waals surface area contributed by atoms with E-state index in [-0.39, 0.29) is 12.5 Å². The zero-order chi connectivity index (χ0) is 19.0. The van der Waals surface area contributed by atoms with Crippen molar-refractivity contribution in [2.75, 3.05) is 0 Å². The van der Waals surface area contributed by atoms with Gasteiger partial charge in [0.2, 0.25) is 0 Å². The molecule has 1 unspecified atom stereocenters. The molecule has 0 fully saturated rings. The van der Waals surface area contributed by atoms with E-state index in [1.165, 1.54) is 11.1 Å². The lowest BCUT2D eigenvalue weighted by molar-refractivity contribution is -0.142.